The van der Waals surface area contributed by atoms with Crippen LogP contribution in [0.3, 0.4) is 0 Å². The van der Waals surface area contributed by atoms with Gasteiger partial charge in [-0.3, -0.25) is 9.78 Å². The van der Waals surface area contributed by atoms with Gasteiger partial charge in [0.2, 0.25) is 0 Å². The quantitative estimate of drug-likeness (QED) is 0.639. The molecule has 3 aromatic rings. The van der Waals surface area contributed by atoms with Crippen molar-refractivity contribution in [2.75, 3.05) is 29.9 Å². The maximum atomic E-state index is 13.4. The Morgan fingerprint density at radius 3 is 2.13 bits per heavy atom. The summed E-state index contributed by atoms with van der Waals surface area (Å²) in [6.45, 7) is 10.6. The Balaban J connectivity index is 1.77. The highest BCUT2D eigenvalue weighted by atomic mass is 16.1. The van der Waals surface area contributed by atoms with E-state index in [0.29, 0.717) is 18.0 Å². The molecule has 0 saturated carbocycles. The van der Waals surface area contributed by atoms with Crippen molar-refractivity contribution >= 4 is 17.3 Å². The minimum atomic E-state index is -0.144. The minimum absolute atomic E-state index is 0.144. The van der Waals surface area contributed by atoms with Crippen molar-refractivity contribution in [3.8, 4) is 11.1 Å². The lowest BCUT2D eigenvalue weighted by Crippen LogP contribution is -2.50. The Morgan fingerprint density at radius 1 is 0.968 bits per heavy atom. The van der Waals surface area contributed by atoms with Crippen LogP contribution in [0.2, 0.25) is 0 Å². The van der Waals surface area contributed by atoms with Gasteiger partial charge in [0, 0.05) is 42.7 Å². The van der Waals surface area contributed by atoms with E-state index in [1.54, 1.807) is 6.20 Å². The normalized spacial score (nSPS) is 13.8. The van der Waals surface area contributed by atoms with E-state index < -0.39 is 0 Å². The first-order chi connectivity index (χ1) is 14.8. The van der Waals surface area contributed by atoms with Crippen LogP contribution < -0.4 is 16.0 Å². The molecule has 1 fully saturated rings. The Hall–Kier alpha value is -3.18. The summed E-state index contributed by atoms with van der Waals surface area (Å²) in [4.78, 5) is 20.1. The first-order valence-corrected chi connectivity index (χ1v) is 10.8. The fourth-order valence-electron chi connectivity index (χ4n) is 4.45. The summed E-state index contributed by atoms with van der Waals surface area (Å²) in [7, 11) is 0. The monoisotopic (exact) mass is 414 g/mol. The summed E-state index contributed by atoms with van der Waals surface area (Å²) in [5.41, 5.74) is 14.9. The fraction of sp³-hybridized carbons (Fsp3) is 0.308. The lowest BCUT2D eigenvalue weighted by Gasteiger charge is -2.42. The van der Waals surface area contributed by atoms with E-state index in [9.17, 15) is 4.79 Å². The summed E-state index contributed by atoms with van der Waals surface area (Å²) in [5.74, 6) is 0.311. The topological polar surface area (TPSA) is 71.2 Å². The van der Waals surface area contributed by atoms with Gasteiger partial charge in [0.1, 0.15) is 0 Å². The summed E-state index contributed by atoms with van der Waals surface area (Å²) >= 11 is 0. The van der Waals surface area contributed by atoms with Gasteiger partial charge in [0.05, 0.1) is 11.3 Å². The summed E-state index contributed by atoms with van der Waals surface area (Å²) in [6.07, 6.45) is 3.54. The van der Waals surface area contributed by atoms with Crippen LogP contribution in [-0.2, 0) is 0 Å². The van der Waals surface area contributed by atoms with E-state index in [1.165, 1.54) is 11.1 Å². The van der Waals surface area contributed by atoms with Gasteiger partial charge in [-0.15, -0.1) is 0 Å². The molecule has 3 N–H and O–H groups in total. The Labute approximate surface area is 184 Å². The van der Waals surface area contributed by atoms with Crippen LogP contribution in [0.25, 0.3) is 11.1 Å². The van der Waals surface area contributed by atoms with Crippen LogP contribution >= 0.6 is 0 Å². The van der Waals surface area contributed by atoms with Crippen molar-refractivity contribution in [2.45, 2.75) is 27.7 Å². The standard InChI is InChI=1S/C26H30N4O/c1-16-5-17(2)8-21(7-16)23-12-28-13-24(25(23)30-14-20(11-27)15-30)26(31)29-22-9-18(3)6-19(4)10-22/h5-10,12-13,20H,11,14-15,27H2,1-4H3,(H,29,31). The lowest BCUT2D eigenvalue weighted by atomic mass is 9.93. The highest BCUT2D eigenvalue weighted by Crippen LogP contribution is 2.38. The third kappa shape index (κ3) is 4.47. The van der Waals surface area contributed by atoms with Crippen LogP contribution in [-0.4, -0.2) is 30.5 Å². The van der Waals surface area contributed by atoms with Crippen molar-refractivity contribution < 1.29 is 4.79 Å². The number of carbonyl (C=O) groups is 1. The molecule has 0 aliphatic carbocycles. The number of pyridine rings is 1. The molecule has 5 heteroatoms. The summed E-state index contributed by atoms with van der Waals surface area (Å²) in [5, 5.41) is 3.08. The van der Waals surface area contributed by atoms with Crippen LogP contribution in [0.5, 0.6) is 0 Å². The number of rotatable bonds is 5. The molecule has 4 rings (SSSR count). The molecule has 1 aliphatic rings. The third-order valence-electron chi connectivity index (χ3n) is 5.78. The molecule has 0 spiro atoms. The van der Waals surface area contributed by atoms with Gasteiger partial charge >= 0.3 is 0 Å². The van der Waals surface area contributed by atoms with Crippen molar-refractivity contribution in [3.05, 3.63) is 76.6 Å². The van der Waals surface area contributed by atoms with Crippen molar-refractivity contribution in [2.24, 2.45) is 11.7 Å². The number of hydrogen-bond donors (Lipinski definition) is 2. The predicted octanol–water partition coefficient (Wildman–Crippen LogP) is 4.63. The van der Waals surface area contributed by atoms with E-state index >= 15 is 0 Å². The van der Waals surface area contributed by atoms with Crippen LogP contribution in [0.15, 0.2) is 48.8 Å². The third-order valence-corrected chi connectivity index (χ3v) is 5.78. The minimum Gasteiger partial charge on any atom is -0.370 e. The van der Waals surface area contributed by atoms with Crippen molar-refractivity contribution in [1.29, 1.82) is 0 Å². The first-order valence-electron chi connectivity index (χ1n) is 10.8. The van der Waals surface area contributed by atoms with E-state index in [0.717, 1.165) is 46.7 Å². The second-order valence-corrected chi connectivity index (χ2v) is 8.80. The lowest BCUT2D eigenvalue weighted by molar-refractivity contribution is 0.102. The van der Waals surface area contributed by atoms with Gasteiger partial charge in [-0.2, -0.15) is 0 Å². The highest BCUT2D eigenvalue weighted by Gasteiger charge is 2.31. The second-order valence-electron chi connectivity index (χ2n) is 8.80. The molecular formula is C26H30N4O. The van der Waals surface area contributed by atoms with Gasteiger partial charge in [-0.05, 0) is 63.1 Å². The van der Waals surface area contributed by atoms with Crippen molar-refractivity contribution in [3.63, 3.8) is 0 Å². The Bertz CT molecular complexity index is 1090. The fourth-order valence-corrected chi connectivity index (χ4v) is 4.45. The largest absolute Gasteiger partial charge is 0.370 e. The van der Waals surface area contributed by atoms with Gasteiger partial charge in [0.15, 0.2) is 0 Å². The van der Waals surface area contributed by atoms with Crippen molar-refractivity contribution in [1.82, 2.24) is 4.98 Å². The van der Waals surface area contributed by atoms with Gasteiger partial charge in [0.25, 0.3) is 5.91 Å². The van der Waals surface area contributed by atoms with E-state index in [-0.39, 0.29) is 5.91 Å². The number of carbonyl (C=O) groups excluding carboxylic acids is 1. The molecule has 0 unspecified atom stereocenters. The summed E-state index contributed by atoms with van der Waals surface area (Å²) in [6, 6.07) is 12.5. The molecule has 0 radical (unpaired) electrons. The molecule has 0 atom stereocenters. The van der Waals surface area contributed by atoms with E-state index in [1.807, 2.05) is 32.2 Å². The molecule has 2 heterocycles. The zero-order valence-corrected chi connectivity index (χ0v) is 18.7. The second kappa shape index (κ2) is 8.52. The predicted molar refractivity (Wildman–Crippen MR) is 128 cm³/mol. The average Bonchev–Trinajstić information content (AvgIpc) is 2.65. The molecule has 1 aliphatic heterocycles. The molecular weight excluding hydrogens is 384 g/mol. The van der Waals surface area contributed by atoms with Crippen LogP contribution in [0, 0.1) is 33.6 Å². The number of aryl methyl sites for hydroxylation is 4. The maximum absolute atomic E-state index is 13.4. The molecule has 1 aromatic heterocycles. The number of nitrogens with two attached hydrogens (primary N) is 1. The van der Waals surface area contributed by atoms with Gasteiger partial charge < -0.3 is 16.0 Å². The number of anilines is 2. The Morgan fingerprint density at radius 2 is 1.55 bits per heavy atom. The van der Waals surface area contributed by atoms with Crippen LogP contribution in [0.1, 0.15) is 32.6 Å². The first kappa shape index (κ1) is 21.1. The maximum Gasteiger partial charge on any atom is 0.259 e. The SMILES string of the molecule is Cc1cc(C)cc(NC(=O)c2cncc(-c3cc(C)cc(C)c3)c2N2CC(CN)C2)c1. The summed E-state index contributed by atoms with van der Waals surface area (Å²) < 4.78 is 0. The number of nitrogens with zero attached hydrogens (tertiary/aromatic N) is 2. The average molecular weight is 415 g/mol. The molecule has 1 saturated heterocycles. The molecule has 5 nitrogen and oxygen atoms in total. The zero-order valence-electron chi connectivity index (χ0n) is 18.7. The van der Waals surface area contributed by atoms with Gasteiger partial charge in [-0.25, -0.2) is 0 Å². The van der Waals surface area contributed by atoms with Crippen LogP contribution in [0.4, 0.5) is 11.4 Å². The number of aromatic nitrogens is 1. The number of nitrogens with one attached hydrogen (secondary N) is 1. The van der Waals surface area contributed by atoms with Gasteiger partial charge in [-0.1, -0.05) is 35.4 Å². The Kier molecular flexibility index (Phi) is 5.79. The molecule has 2 aromatic carbocycles. The number of hydrogen-bond acceptors (Lipinski definition) is 4. The molecule has 1 amide bonds. The number of benzene rings is 2. The molecule has 31 heavy (non-hydrogen) atoms. The number of amides is 1. The van der Waals surface area contributed by atoms with E-state index in [4.69, 9.17) is 5.73 Å². The molecule has 0 bridgehead atoms. The van der Waals surface area contributed by atoms with E-state index in [2.05, 4.69) is 53.3 Å². The highest BCUT2D eigenvalue weighted by molar-refractivity contribution is 6.10. The molecule has 160 valence electrons. The zero-order chi connectivity index (χ0) is 22.1. The smallest absolute Gasteiger partial charge is 0.259 e.